The van der Waals surface area contributed by atoms with Gasteiger partial charge >= 0.3 is 0 Å². The van der Waals surface area contributed by atoms with Gasteiger partial charge in [-0.3, -0.25) is 0 Å². The molecule has 2 aliphatic heterocycles. The fourth-order valence-corrected chi connectivity index (χ4v) is 6.98. The summed E-state index contributed by atoms with van der Waals surface area (Å²) >= 11 is 0. The molecule has 0 aromatic heterocycles. The highest BCUT2D eigenvalue weighted by molar-refractivity contribution is 5.42. The number of hydrogen-bond donors (Lipinski definition) is 2. The van der Waals surface area contributed by atoms with Crippen molar-refractivity contribution in [3.8, 4) is 0 Å². The van der Waals surface area contributed by atoms with Crippen LogP contribution in [0, 0.1) is 28.7 Å². The van der Waals surface area contributed by atoms with Crippen LogP contribution in [0.4, 0.5) is 17.6 Å². The Morgan fingerprint density at radius 2 is 0.674 bits per heavy atom. The molecule has 1 spiro atoms. The zero-order valence-corrected chi connectivity index (χ0v) is 22.6. The highest BCUT2D eigenvalue weighted by Crippen LogP contribution is 2.70. The van der Waals surface area contributed by atoms with Gasteiger partial charge in [-0.2, -0.15) is 9.78 Å². The Morgan fingerprint density at radius 3 is 0.930 bits per heavy atom. The molecule has 2 heterocycles. The molecule has 7 rings (SSSR count). The van der Waals surface area contributed by atoms with Crippen molar-refractivity contribution in [1.29, 1.82) is 0 Å². The molecule has 2 unspecified atom stereocenters. The lowest BCUT2D eigenvalue weighted by molar-refractivity contribution is -0.576. The molecular formula is C33H26F4O6. The lowest BCUT2D eigenvalue weighted by Gasteiger charge is -2.60. The van der Waals surface area contributed by atoms with Gasteiger partial charge < -0.3 is 10.2 Å². The molecule has 2 N–H and O–H groups in total. The van der Waals surface area contributed by atoms with Crippen LogP contribution < -0.4 is 0 Å². The third-order valence-corrected chi connectivity index (χ3v) is 9.29. The smallest absolute Gasteiger partial charge is 0.210 e. The van der Waals surface area contributed by atoms with Crippen LogP contribution in [0.15, 0.2) is 97.1 Å². The van der Waals surface area contributed by atoms with Crippen LogP contribution in [0.1, 0.15) is 47.9 Å². The molecule has 4 aromatic rings. The molecule has 6 nitrogen and oxygen atoms in total. The van der Waals surface area contributed by atoms with Gasteiger partial charge in [0, 0.05) is 25.7 Å². The van der Waals surface area contributed by atoms with E-state index >= 15 is 0 Å². The van der Waals surface area contributed by atoms with Gasteiger partial charge in [0.15, 0.2) is 11.2 Å². The summed E-state index contributed by atoms with van der Waals surface area (Å²) in [6, 6.07) is 21.6. The van der Waals surface area contributed by atoms with Crippen molar-refractivity contribution >= 4 is 0 Å². The molecule has 43 heavy (non-hydrogen) atoms. The SMILES string of the molecule is OC12CCC3(O)OOC(c4ccc(F)cc4)(c4ccc(F)cc4)CC13CC(c1ccc(F)cc1)(c1ccc(F)cc1)OO2. The lowest BCUT2D eigenvalue weighted by Crippen LogP contribution is -2.69. The number of aliphatic hydroxyl groups is 2. The van der Waals surface area contributed by atoms with E-state index in [1.54, 1.807) is 0 Å². The predicted octanol–water partition coefficient (Wildman–Crippen LogP) is 6.29. The van der Waals surface area contributed by atoms with E-state index in [0.29, 0.717) is 22.3 Å². The van der Waals surface area contributed by atoms with E-state index in [1.807, 2.05) is 0 Å². The number of rotatable bonds is 4. The molecule has 1 aliphatic carbocycles. The van der Waals surface area contributed by atoms with Crippen LogP contribution >= 0.6 is 0 Å². The Hall–Kier alpha value is -3.64. The molecule has 0 radical (unpaired) electrons. The fourth-order valence-electron chi connectivity index (χ4n) is 6.98. The van der Waals surface area contributed by atoms with Crippen LogP contribution in [0.2, 0.25) is 0 Å². The normalized spacial score (nSPS) is 29.1. The maximum atomic E-state index is 14.1. The minimum Gasteiger partial charge on any atom is -0.363 e. The highest BCUT2D eigenvalue weighted by atomic mass is 19.1. The second-order valence-corrected chi connectivity index (χ2v) is 11.5. The standard InChI is InChI=1S/C33H26F4O6/c34-25-9-1-21(2-10-25)30(22-3-11-26(35)12-4-22)19-29-20-31(23-5-13-27(36)14-6-23,24-7-15-28(37)16-8-24)41-43-33(29,39)18-17-32(29,38)42-40-30/h1-16,38-39H,17-20H2. The van der Waals surface area contributed by atoms with Gasteiger partial charge in [-0.1, -0.05) is 48.5 Å². The van der Waals surface area contributed by atoms with E-state index in [4.69, 9.17) is 19.6 Å². The predicted molar refractivity (Wildman–Crippen MR) is 142 cm³/mol. The average Bonchev–Trinajstić information content (AvgIpc) is 3.24. The first kappa shape index (κ1) is 28.1. The Bertz CT molecular complexity index is 1430. The molecule has 3 fully saturated rings. The zero-order valence-electron chi connectivity index (χ0n) is 22.6. The van der Waals surface area contributed by atoms with Gasteiger partial charge in [-0.05, 0) is 70.8 Å². The molecule has 4 aromatic carbocycles. The Kier molecular flexibility index (Phi) is 6.34. The van der Waals surface area contributed by atoms with E-state index < -0.39 is 51.5 Å². The summed E-state index contributed by atoms with van der Waals surface area (Å²) in [6.45, 7) is 0. The van der Waals surface area contributed by atoms with Crippen molar-refractivity contribution < 1.29 is 47.3 Å². The first-order valence-electron chi connectivity index (χ1n) is 13.8. The van der Waals surface area contributed by atoms with Crippen LogP contribution in [0.3, 0.4) is 0 Å². The van der Waals surface area contributed by atoms with Crippen molar-refractivity contribution in [3.05, 3.63) is 143 Å². The summed E-state index contributed by atoms with van der Waals surface area (Å²) in [5.74, 6) is -6.32. The van der Waals surface area contributed by atoms with E-state index in [1.165, 1.54) is 97.1 Å². The second kappa shape index (κ2) is 9.68. The molecule has 10 heteroatoms. The minimum absolute atomic E-state index is 0.126. The molecule has 0 bridgehead atoms. The monoisotopic (exact) mass is 594 g/mol. The number of halogens is 4. The van der Waals surface area contributed by atoms with Crippen molar-refractivity contribution in [2.75, 3.05) is 0 Å². The third-order valence-electron chi connectivity index (χ3n) is 9.29. The van der Waals surface area contributed by atoms with Crippen LogP contribution in [-0.4, -0.2) is 21.8 Å². The van der Waals surface area contributed by atoms with Crippen LogP contribution in [0.5, 0.6) is 0 Å². The number of benzene rings is 4. The Balaban J connectivity index is 1.46. The molecular weight excluding hydrogens is 568 g/mol. The summed E-state index contributed by atoms with van der Waals surface area (Å²) < 4.78 is 56.3. The van der Waals surface area contributed by atoms with Crippen molar-refractivity contribution in [2.24, 2.45) is 5.41 Å². The van der Waals surface area contributed by atoms with Gasteiger partial charge in [-0.15, -0.1) is 0 Å². The lowest BCUT2D eigenvalue weighted by atomic mass is 9.59. The average molecular weight is 595 g/mol. The van der Waals surface area contributed by atoms with Crippen molar-refractivity contribution in [1.82, 2.24) is 0 Å². The third kappa shape index (κ3) is 4.09. The maximum absolute atomic E-state index is 14.1. The fraction of sp³-hybridized carbons (Fsp3) is 0.273. The first-order chi connectivity index (χ1) is 20.5. The largest absolute Gasteiger partial charge is 0.363 e. The van der Waals surface area contributed by atoms with Crippen LogP contribution in [-0.2, 0) is 30.8 Å². The van der Waals surface area contributed by atoms with Gasteiger partial charge in [-0.25, -0.2) is 27.3 Å². The van der Waals surface area contributed by atoms with E-state index in [-0.39, 0.29) is 25.7 Å². The molecule has 222 valence electrons. The van der Waals surface area contributed by atoms with Gasteiger partial charge in [0.25, 0.3) is 0 Å². The van der Waals surface area contributed by atoms with Gasteiger partial charge in [0.05, 0.1) is 5.41 Å². The summed E-state index contributed by atoms with van der Waals surface area (Å²) in [5, 5.41) is 24.2. The summed E-state index contributed by atoms with van der Waals surface area (Å²) in [5.41, 5.74) is -3.37. The molecule has 3 aliphatic rings. The zero-order chi connectivity index (χ0) is 30.1. The molecule has 2 atom stereocenters. The summed E-state index contributed by atoms with van der Waals surface area (Å²) in [4.78, 5) is 23.8. The Labute approximate surface area is 243 Å². The summed E-state index contributed by atoms with van der Waals surface area (Å²) in [7, 11) is 0. The van der Waals surface area contributed by atoms with Gasteiger partial charge in [0.1, 0.15) is 23.3 Å². The Morgan fingerprint density at radius 1 is 0.419 bits per heavy atom. The number of hydrogen-bond acceptors (Lipinski definition) is 6. The molecule has 1 saturated carbocycles. The molecule has 2 saturated heterocycles. The van der Waals surface area contributed by atoms with Gasteiger partial charge in [0.2, 0.25) is 11.6 Å². The van der Waals surface area contributed by atoms with E-state index in [0.717, 1.165) is 0 Å². The molecule has 0 amide bonds. The first-order valence-corrected chi connectivity index (χ1v) is 13.8. The van der Waals surface area contributed by atoms with E-state index in [2.05, 4.69) is 0 Å². The quantitative estimate of drug-likeness (QED) is 0.214. The second-order valence-electron chi connectivity index (χ2n) is 11.5. The van der Waals surface area contributed by atoms with Crippen LogP contribution in [0.25, 0.3) is 0 Å². The van der Waals surface area contributed by atoms with Crippen molar-refractivity contribution in [3.63, 3.8) is 0 Å². The highest BCUT2D eigenvalue weighted by Gasteiger charge is 2.79. The topological polar surface area (TPSA) is 77.4 Å². The van der Waals surface area contributed by atoms with E-state index in [9.17, 15) is 27.8 Å². The minimum atomic E-state index is -2.14. The summed E-state index contributed by atoms with van der Waals surface area (Å²) in [6.07, 6.45) is -0.674. The van der Waals surface area contributed by atoms with Crippen molar-refractivity contribution in [2.45, 2.75) is 48.5 Å². The maximum Gasteiger partial charge on any atom is 0.210 e.